The summed E-state index contributed by atoms with van der Waals surface area (Å²) < 4.78 is 0. The Morgan fingerprint density at radius 2 is 1.80 bits per heavy atom. The highest BCUT2D eigenvalue weighted by atomic mass is 35.5. The van der Waals surface area contributed by atoms with Crippen LogP contribution < -0.4 is 0 Å². The zero-order valence-corrected chi connectivity index (χ0v) is 13.0. The van der Waals surface area contributed by atoms with Gasteiger partial charge >= 0.3 is 0 Å². The van der Waals surface area contributed by atoms with Gasteiger partial charge in [0.05, 0.1) is 5.02 Å². The first kappa shape index (κ1) is 15.2. The molecule has 2 aromatic rings. The van der Waals surface area contributed by atoms with Gasteiger partial charge in [0.15, 0.2) is 0 Å². The maximum Gasteiger partial charge on any atom is 0.134 e. The number of rotatable bonds is 4. The molecule has 1 N–H and O–H groups in total. The molecule has 0 bridgehead atoms. The van der Waals surface area contributed by atoms with E-state index in [1.54, 1.807) is 12.1 Å². The normalized spacial score (nSPS) is 12.7. The van der Waals surface area contributed by atoms with Gasteiger partial charge in [-0.3, -0.25) is 4.90 Å². The van der Waals surface area contributed by atoms with Gasteiger partial charge in [-0.15, -0.1) is 0 Å². The maximum atomic E-state index is 9.64. The van der Waals surface area contributed by atoms with Crippen molar-refractivity contribution in [1.82, 2.24) is 4.90 Å². The second-order valence-electron chi connectivity index (χ2n) is 4.86. The zero-order valence-electron chi connectivity index (χ0n) is 11.5. The van der Waals surface area contributed by atoms with Gasteiger partial charge in [0.25, 0.3) is 0 Å². The summed E-state index contributed by atoms with van der Waals surface area (Å²) in [5, 5.41) is 10.8. The lowest BCUT2D eigenvalue weighted by molar-refractivity contribution is 0.253. The topological polar surface area (TPSA) is 23.5 Å². The lowest BCUT2D eigenvalue weighted by Gasteiger charge is -2.26. The fourth-order valence-corrected chi connectivity index (χ4v) is 2.62. The third-order valence-corrected chi connectivity index (χ3v) is 4.28. The number of phenolic OH excluding ortho intramolecular Hbond substituents is 1. The molecular formula is C16H17Cl2NO. The lowest BCUT2D eigenvalue weighted by Crippen LogP contribution is -2.22. The predicted molar refractivity (Wildman–Crippen MR) is 84.5 cm³/mol. The number of hydrogen-bond donors (Lipinski definition) is 1. The molecule has 1 unspecified atom stereocenters. The van der Waals surface area contributed by atoms with Crippen molar-refractivity contribution in [3.8, 4) is 5.75 Å². The molecule has 0 saturated carbocycles. The third kappa shape index (κ3) is 3.26. The summed E-state index contributed by atoms with van der Waals surface area (Å²) in [7, 11) is 2.01. The van der Waals surface area contributed by atoms with Gasteiger partial charge in [-0.1, -0.05) is 53.5 Å². The van der Waals surface area contributed by atoms with Gasteiger partial charge in [-0.05, 0) is 37.2 Å². The summed E-state index contributed by atoms with van der Waals surface area (Å²) >= 11 is 12.3. The van der Waals surface area contributed by atoms with Gasteiger partial charge in [0.2, 0.25) is 0 Å². The van der Waals surface area contributed by atoms with Crippen LogP contribution in [0.2, 0.25) is 10.0 Å². The molecule has 4 heteroatoms. The molecular weight excluding hydrogens is 293 g/mol. The van der Waals surface area contributed by atoms with E-state index in [2.05, 4.69) is 11.8 Å². The Balaban J connectivity index is 2.18. The average molecular weight is 310 g/mol. The Hall–Kier alpha value is -1.22. The first-order valence-electron chi connectivity index (χ1n) is 6.41. The Bertz CT molecular complexity index is 601. The fraction of sp³-hybridized carbons (Fsp3) is 0.250. The number of aromatic hydroxyl groups is 1. The quantitative estimate of drug-likeness (QED) is 0.869. The molecule has 2 aromatic carbocycles. The molecule has 1 atom stereocenters. The molecule has 20 heavy (non-hydrogen) atoms. The van der Waals surface area contributed by atoms with Crippen LogP contribution in [0.5, 0.6) is 5.75 Å². The van der Waals surface area contributed by atoms with Crippen molar-refractivity contribution in [3.63, 3.8) is 0 Å². The molecule has 2 rings (SSSR count). The number of halogens is 2. The smallest absolute Gasteiger partial charge is 0.134 e. The molecule has 0 spiro atoms. The van der Waals surface area contributed by atoms with E-state index < -0.39 is 0 Å². The van der Waals surface area contributed by atoms with Gasteiger partial charge in [-0.25, -0.2) is 0 Å². The molecule has 0 aliphatic heterocycles. The van der Waals surface area contributed by atoms with Crippen LogP contribution in [0.4, 0.5) is 0 Å². The van der Waals surface area contributed by atoms with Crippen LogP contribution >= 0.6 is 23.2 Å². The largest absolute Gasteiger partial charge is 0.506 e. The average Bonchev–Trinajstić information content (AvgIpc) is 2.43. The maximum absolute atomic E-state index is 9.64. The van der Waals surface area contributed by atoms with E-state index in [0.717, 1.165) is 16.1 Å². The minimum atomic E-state index is 0.114. The van der Waals surface area contributed by atoms with E-state index in [-0.39, 0.29) is 11.8 Å². The number of nitrogens with zero attached hydrogens (tertiary/aromatic N) is 1. The van der Waals surface area contributed by atoms with Crippen molar-refractivity contribution in [1.29, 1.82) is 0 Å². The highest BCUT2D eigenvalue weighted by Crippen LogP contribution is 2.31. The molecule has 0 amide bonds. The van der Waals surface area contributed by atoms with Crippen molar-refractivity contribution in [2.24, 2.45) is 0 Å². The molecule has 0 fully saturated rings. The number of phenols is 1. The summed E-state index contributed by atoms with van der Waals surface area (Å²) in [5.74, 6) is 0.114. The summed E-state index contributed by atoms with van der Waals surface area (Å²) in [6.07, 6.45) is 0. The summed E-state index contributed by atoms with van der Waals surface area (Å²) in [5.41, 5.74) is 1.97. The van der Waals surface area contributed by atoms with E-state index in [4.69, 9.17) is 23.2 Å². The highest BCUT2D eigenvalue weighted by molar-refractivity contribution is 6.32. The lowest BCUT2D eigenvalue weighted by atomic mass is 10.1. The van der Waals surface area contributed by atoms with Crippen LogP contribution in [0.3, 0.4) is 0 Å². The Morgan fingerprint density at radius 1 is 1.10 bits per heavy atom. The van der Waals surface area contributed by atoms with E-state index in [0.29, 0.717) is 11.6 Å². The third-order valence-electron chi connectivity index (χ3n) is 3.49. The van der Waals surface area contributed by atoms with E-state index >= 15 is 0 Å². The molecule has 0 aliphatic rings. The monoisotopic (exact) mass is 309 g/mol. The first-order valence-corrected chi connectivity index (χ1v) is 7.17. The Labute approximate surface area is 129 Å². The van der Waals surface area contributed by atoms with Crippen LogP contribution in [-0.2, 0) is 6.54 Å². The molecule has 0 radical (unpaired) electrons. The zero-order chi connectivity index (χ0) is 14.7. The van der Waals surface area contributed by atoms with Crippen molar-refractivity contribution >= 4 is 23.2 Å². The van der Waals surface area contributed by atoms with Crippen LogP contribution in [0.15, 0.2) is 42.5 Å². The molecule has 106 valence electrons. The van der Waals surface area contributed by atoms with Gasteiger partial charge in [0.1, 0.15) is 5.75 Å². The van der Waals surface area contributed by atoms with Crippen LogP contribution in [0.25, 0.3) is 0 Å². The Morgan fingerprint density at radius 3 is 2.50 bits per heavy atom. The van der Waals surface area contributed by atoms with Crippen LogP contribution in [0.1, 0.15) is 24.1 Å². The SMILES string of the molecule is CC(c1ccccc1Cl)N(C)Cc1cccc(O)c1Cl. The van der Waals surface area contributed by atoms with Gasteiger partial charge in [-0.2, -0.15) is 0 Å². The van der Waals surface area contributed by atoms with E-state index in [9.17, 15) is 5.11 Å². The second-order valence-corrected chi connectivity index (χ2v) is 5.65. The van der Waals surface area contributed by atoms with Crippen LogP contribution in [-0.4, -0.2) is 17.1 Å². The highest BCUT2D eigenvalue weighted by Gasteiger charge is 2.16. The number of hydrogen-bond acceptors (Lipinski definition) is 2. The first-order chi connectivity index (χ1) is 9.50. The summed E-state index contributed by atoms with van der Waals surface area (Å²) in [6.45, 7) is 2.73. The molecule has 0 aromatic heterocycles. The van der Waals surface area contributed by atoms with Gasteiger partial charge in [0, 0.05) is 17.6 Å². The molecule has 2 nitrogen and oxygen atoms in total. The molecule has 0 aliphatic carbocycles. The van der Waals surface area contributed by atoms with Crippen molar-refractivity contribution < 1.29 is 5.11 Å². The predicted octanol–water partition coefficient (Wildman–Crippen LogP) is 4.89. The van der Waals surface area contributed by atoms with Gasteiger partial charge < -0.3 is 5.11 Å². The van der Waals surface area contributed by atoms with Crippen molar-refractivity contribution in [2.75, 3.05) is 7.05 Å². The molecule has 0 heterocycles. The minimum absolute atomic E-state index is 0.114. The molecule has 0 saturated heterocycles. The van der Waals surface area contributed by atoms with Crippen molar-refractivity contribution in [2.45, 2.75) is 19.5 Å². The van der Waals surface area contributed by atoms with E-state index in [1.807, 2.05) is 37.4 Å². The Kier molecular flexibility index (Phi) is 4.92. The minimum Gasteiger partial charge on any atom is -0.506 e. The number of benzene rings is 2. The summed E-state index contributed by atoms with van der Waals surface area (Å²) in [6, 6.07) is 13.3. The van der Waals surface area contributed by atoms with E-state index in [1.165, 1.54) is 0 Å². The summed E-state index contributed by atoms with van der Waals surface area (Å²) in [4.78, 5) is 2.14. The second kappa shape index (κ2) is 6.49. The van der Waals surface area contributed by atoms with Crippen molar-refractivity contribution in [3.05, 3.63) is 63.6 Å². The van der Waals surface area contributed by atoms with Crippen LogP contribution in [0, 0.1) is 0 Å². The standard InChI is InChI=1S/C16H17Cl2NO/c1-11(13-7-3-4-8-14(13)17)19(2)10-12-6-5-9-15(20)16(12)18/h3-9,11,20H,10H2,1-2H3. The fourth-order valence-electron chi connectivity index (χ4n) is 2.15.